The molecule has 4 heteroatoms. The number of aryl methyl sites for hydroxylation is 1. The van der Waals surface area contributed by atoms with Gasteiger partial charge in [-0.25, -0.2) is 0 Å². The van der Waals surface area contributed by atoms with Crippen molar-refractivity contribution >= 4 is 5.91 Å². The maximum Gasteiger partial charge on any atom is 0.260 e. The van der Waals surface area contributed by atoms with Crippen molar-refractivity contribution in [1.29, 1.82) is 0 Å². The molecule has 1 aromatic carbocycles. The van der Waals surface area contributed by atoms with Crippen LogP contribution in [-0.4, -0.2) is 35.6 Å². The van der Waals surface area contributed by atoms with Gasteiger partial charge in [-0.05, 0) is 48.9 Å². The van der Waals surface area contributed by atoms with E-state index in [9.17, 15) is 9.90 Å². The van der Waals surface area contributed by atoms with Crippen molar-refractivity contribution in [3.05, 3.63) is 29.3 Å². The van der Waals surface area contributed by atoms with E-state index in [-0.39, 0.29) is 18.6 Å². The highest BCUT2D eigenvalue weighted by atomic mass is 16.5. The summed E-state index contributed by atoms with van der Waals surface area (Å²) in [6, 6.07) is 5.73. The number of aliphatic hydroxyl groups excluding tert-OH is 1. The van der Waals surface area contributed by atoms with Crippen molar-refractivity contribution in [1.82, 2.24) is 4.90 Å². The zero-order valence-electron chi connectivity index (χ0n) is 12.4. The molecule has 0 saturated carbocycles. The van der Waals surface area contributed by atoms with E-state index in [0.29, 0.717) is 0 Å². The van der Waals surface area contributed by atoms with Gasteiger partial charge in [0.2, 0.25) is 0 Å². The molecule has 2 aliphatic rings. The smallest absolute Gasteiger partial charge is 0.260 e. The van der Waals surface area contributed by atoms with Gasteiger partial charge in [-0.15, -0.1) is 0 Å². The maximum absolute atomic E-state index is 12.2. The standard InChI is InChI=1S/C17H23NO3/c19-16-8-5-13-11-14(6-7-15(13)16)21-12-17(20)18-9-3-1-2-4-10-18/h6-7,11,16,19H,1-5,8-10,12H2. The summed E-state index contributed by atoms with van der Waals surface area (Å²) >= 11 is 0. The van der Waals surface area contributed by atoms with Crippen LogP contribution in [0.2, 0.25) is 0 Å². The first-order valence-corrected chi connectivity index (χ1v) is 7.95. The lowest BCUT2D eigenvalue weighted by molar-refractivity contribution is -0.133. The molecule has 1 unspecified atom stereocenters. The number of nitrogens with zero attached hydrogens (tertiary/aromatic N) is 1. The Labute approximate surface area is 125 Å². The Morgan fingerprint density at radius 3 is 2.76 bits per heavy atom. The summed E-state index contributed by atoms with van der Waals surface area (Å²) in [5.74, 6) is 0.809. The average molecular weight is 289 g/mol. The highest BCUT2D eigenvalue weighted by Crippen LogP contribution is 2.33. The van der Waals surface area contributed by atoms with Crippen molar-refractivity contribution in [2.45, 2.75) is 44.6 Å². The number of carbonyl (C=O) groups is 1. The summed E-state index contributed by atoms with van der Waals surface area (Å²) in [5, 5.41) is 9.79. The first kappa shape index (κ1) is 14.4. The number of amides is 1. The van der Waals surface area contributed by atoms with Crippen LogP contribution in [-0.2, 0) is 11.2 Å². The second-order valence-electron chi connectivity index (χ2n) is 6.00. The van der Waals surface area contributed by atoms with Crippen LogP contribution >= 0.6 is 0 Å². The van der Waals surface area contributed by atoms with Crippen LogP contribution in [0.3, 0.4) is 0 Å². The van der Waals surface area contributed by atoms with Crippen LogP contribution in [0.15, 0.2) is 18.2 Å². The topological polar surface area (TPSA) is 49.8 Å². The van der Waals surface area contributed by atoms with E-state index in [1.807, 2.05) is 23.1 Å². The van der Waals surface area contributed by atoms with E-state index in [1.165, 1.54) is 12.8 Å². The molecule has 1 heterocycles. The predicted octanol–water partition coefficient (Wildman–Crippen LogP) is 2.45. The van der Waals surface area contributed by atoms with E-state index in [0.717, 1.165) is 55.6 Å². The van der Waals surface area contributed by atoms with E-state index in [4.69, 9.17) is 4.74 Å². The Kier molecular flexibility index (Phi) is 4.44. The van der Waals surface area contributed by atoms with E-state index >= 15 is 0 Å². The number of aliphatic hydroxyl groups is 1. The Morgan fingerprint density at radius 2 is 2.00 bits per heavy atom. The molecule has 0 spiro atoms. The van der Waals surface area contributed by atoms with Gasteiger partial charge in [-0.2, -0.15) is 0 Å². The zero-order chi connectivity index (χ0) is 14.7. The molecule has 1 N–H and O–H groups in total. The van der Waals surface area contributed by atoms with Gasteiger partial charge in [0.25, 0.3) is 5.91 Å². The third-order valence-electron chi connectivity index (χ3n) is 4.48. The molecule has 1 saturated heterocycles. The van der Waals surface area contributed by atoms with Gasteiger partial charge in [-0.1, -0.05) is 18.9 Å². The predicted molar refractivity (Wildman–Crippen MR) is 80.3 cm³/mol. The van der Waals surface area contributed by atoms with Crippen molar-refractivity contribution in [3.8, 4) is 5.75 Å². The number of hydrogen-bond donors (Lipinski definition) is 1. The molecule has 0 aromatic heterocycles. The Morgan fingerprint density at radius 1 is 1.24 bits per heavy atom. The zero-order valence-corrected chi connectivity index (χ0v) is 12.4. The van der Waals surface area contributed by atoms with Gasteiger partial charge < -0.3 is 14.7 Å². The molecule has 21 heavy (non-hydrogen) atoms. The molecule has 0 radical (unpaired) electrons. The molecule has 1 amide bonds. The molecule has 0 bridgehead atoms. The van der Waals surface area contributed by atoms with Crippen LogP contribution in [0.5, 0.6) is 5.75 Å². The summed E-state index contributed by atoms with van der Waals surface area (Å²) in [7, 11) is 0. The molecule has 1 aromatic rings. The van der Waals surface area contributed by atoms with E-state index in [1.54, 1.807) is 0 Å². The van der Waals surface area contributed by atoms with E-state index in [2.05, 4.69) is 0 Å². The monoisotopic (exact) mass is 289 g/mol. The van der Waals surface area contributed by atoms with Crippen molar-refractivity contribution in [2.24, 2.45) is 0 Å². The fourth-order valence-electron chi connectivity index (χ4n) is 3.22. The summed E-state index contributed by atoms with van der Waals surface area (Å²) in [4.78, 5) is 14.1. The largest absolute Gasteiger partial charge is 0.484 e. The third kappa shape index (κ3) is 3.38. The number of carbonyl (C=O) groups excluding carboxylic acids is 1. The van der Waals surface area contributed by atoms with Crippen LogP contribution in [0.25, 0.3) is 0 Å². The van der Waals surface area contributed by atoms with Gasteiger partial charge in [-0.3, -0.25) is 4.79 Å². The van der Waals surface area contributed by atoms with Crippen LogP contribution in [0, 0.1) is 0 Å². The SMILES string of the molecule is O=C(COc1ccc2c(c1)CCC2O)N1CCCCCC1. The molecular weight excluding hydrogens is 266 g/mol. The maximum atomic E-state index is 12.2. The van der Waals surface area contributed by atoms with Crippen molar-refractivity contribution in [3.63, 3.8) is 0 Å². The number of ether oxygens (including phenoxy) is 1. The van der Waals surface area contributed by atoms with Gasteiger partial charge in [0.1, 0.15) is 5.75 Å². The highest BCUT2D eigenvalue weighted by Gasteiger charge is 2.21. The summed E-state index contributed by atoms with van der Waals surface area (Å²) in [6.07, 6.45) is 5.97. The molecule has 3 rings (SSSR count). The minimum absolute atomic E-state index is 0.0810. The minimum atomic E-state index is -0.340. The highest BCUT2D eigenvalue weighted by molar-refractivity contribution is 5.77. The lowest BCUT2D eigenvalue weighted by Gasteiger charge is -2.20. The lowest BCUT2D eigenvalue weighted by Crippen LogP contribution is -2.35. The number of rotatable bonds is 3. The summed E-state index contributed by atoms with van der Waals surface area (Å²) < 4.78 is 5.65. The van der Waals surface area contributed by atoms with Crippen LogP contribution < -0.4 is 4.74 Å². The van der Waals surface area contributed by atoms with E-state index < -0.39 is 0 Å². The molecule has 1 aliphatic carbocycles. The first-order valence-electron chi connectivity index (χ1n) is 7.95. The number of likely N-dealkylation sites (tertiary alicyclic amines) is 1. The van der Waals surface area contributed by atoms with Gasteiger partial charge in [0.15, 0.2) is 6.61 Å². The number of hydrogen-bond acceptors (Lipinski definition) is 3. The quantitative estimate of drug-likeness (QED) is 0.930. The third-order valence-corrected chi connectivity index (χ3v) is 4.48. The van der Waals surface area contributed by atoms with Crippen LogP contribution in [0.4, 0.5) is 0 Å². The minimum Gasteiger partial charge on any atom is -0.484 e. The molecule has 1 atom stereocenters. The Hall–Kier alpha value is -1.55. The summed E-state index contributed by atoms with van der Waals surface area (Å²) in [6.45, 7) is 1.83. The normalized spacial score (nSPS) is 21.8. The number of benzene rings is 1. The van der Waals surface area contributed by atoms with Gasteiger partial charge in [0, 0.05) is 13.1 Å². The average Bonchev–Trinajstić information content (AvgIpc) is 2.71. The van der Waals surface area contributed by atoms with Crippen molar-refractivity contribution < 1.29 is 14.6 Å². The Balaban J connectivity index is 1.56. The second kappa shape index (κ2) is 6.48. The molecule has 1 aliphatic heterocycles. The van der Waals surface area contributed by atoms with Crippen LogP contribution in [0.1, 0.15) is 49.3 Å². The van der Waals surface area contributed by atoms with Gasteiger partial charge in [0.05, 0.1) is 6.10 Å². The fourth-order valence-corrected chi connectivity index (χ4v) is 3.22. The molecule has 114 valence electrons. The lowest BCUT2D eigenvalue weighted by atomic mass is 10.1. The number of fused-ring (bicyclic) bond motifs is 1. The Bertz CT molecular complexity index is 507. The van der Waals surface area contributed by atoms with Gasteiger partial charge >= 0.3 is 0 Å². The second-order valence-corrected chi connectivity index (χ2v) is 6.00. The van der Waals surface area contributed by atoms with Crippen molar-refractivity contribution in [2.75, 3.05) is 19.7 Å². The fraction of sp³-hybridized carbons (Fsp3) is 0.588. The first-order chi connectivity index (χ1) is 10.2. The molecule has 1 fully saturated rings. The molecular formula is C17H23NO3. The summed E-state index contributed by atoms with van der Waals surface area (Å²) in [5.41, 5.74) is 2.14. The molecule has 4 nitrogen and oxygen atoms in total.